The Morgan fingerprint density at radius 3 is 2.88 bits per heavy atom. The van der Waals surface area contributed by atoms with E-state index in [9.17, 15) is 4.79 Å². The molecule has 0 aliphatic rings. The van der Waals surface area contributed by atoms with Gasteiger partial charge >= 0.3 is 5.97 Å². The summed E-state index contributed by atoms with van der Waals surface area (Å²) in [4.78, 5) is 11.0. The first kappa shape index (κ1) is 12.7. The van der Waals surface area contributed by atoms with E-state index in [4.69, 9.17) is 4.74 Å². The highest BCUT2D eigenvalue weighted by Crippen LogP contribution is 2.00. The largest absolute Gasteiger partial charge is 0.465 e. The van der Waals surface area contributed by atoms with Crippen LogP contribution < -0.4 is 5.32 Å². The molecule has 0 radical (unpaired) electrons. The fourth-order valence-electron chi connectivity index (χ4n) is 1.49. The van der Waals surface area contributed by atoms with E-state index in [2.05, 4.69) is 10.4 Å². The summed E-state index contributed by atoms with van der Waals surface area (Å²) in [7, 11) is 0. The number of aryl methyl sites for hydroxylation is 2. The summed E-state index contributed by atoms with van der Waals surface area (Å²) < 4.78 is 6.72. The Morgan fingerprint density at radius 1 is 1.56 bits per heavy atom. The van der Waals surface area contributed by atoms with Crippen molar-refractivity contribution in [3.63, 3.8) is 0 Å². The Hall–Kier alpha value is -1.36. The highest BCUT2D eigenvalue weighted by molar-refractivity contribution is 5.71. The minimum atomic E-state index is -0.212. The minimum absolute atomic E-state index is 0.212. The predicted octanol–water partition coefficient (Wildman–Crippen LogP) is 0.653. The quantitative estimate of drug-likeness (QED) is 0.570. The molecule has 0 saturated carbocycles. The molecule has 1 heterocycles. The molecule has 0 spiro atoms. The Kier molecular flexibility index (Phi) is 4.98. The smallest absolute Gasteiger partial charge is 0.319 e. The number of aromatic nitrogens is 2. The molecule has 5 nitrogen and oxygen atoms in total. The lowest BCUT2D eigenvalue weighted by Crippen LogP contribution is -2.28. The number of rotatable bonds is 6. The molecule has 5 heteroatoms. The normalized spacial score (nSPS) is 10.4. The standard InChI is InChI=1S/C11H19N3O2/c1-4-16-11(15)8-12-5-6-14-10(3)7-9(2)13-14/h7,12H,4-6,8H2,1-3H3. The zero-order valence-electron chi connectivity index (χ0n) is 10.1. The van der Waals surface area contributed by atoms with Crippen molar-refractivity contribution in [2.45, 2.75) is 27.3 Å². The van der Waals surface area contributed by atoms with Gasteiger partial charge in [0.05, 0.1) is 25.4 Å². The minimum Gasteiger partial charge on any atom is -0.465 e. The van der Waals surface area contributed by atoms with Crippen molar-refractivity contribution in [1.82, 2.24) is 15.1 Å². The monoisotopic (exact) mass is 225 g/mol. The number of hydrogen-bond acceptors (Lipinski definition) is 4. The number of nitrogens with zero attached hydrogens (tertiary/aromatic N) is 2. The van der Waals surface area contributed by atoms with Crippen molar-refractivity contribution in [3.8, 4) is 0 Å². The second-order valence-electron chi connectivity index (χ2n) is 3.63. The number of nitrogens with one attached hydrogen (secondary N) is 1. The molecule has 0 aliphatic carbocycles. The predicted molar refractivity (Wildman–Crippen MR) is 61.2 cm³/mol. The van der Waals surface area contributed by atoms with Crippen molar-refractivity contribution in [3.05, 3.63) is 17.5 Å². The molecule has 0 bridgehead atoms. The van der Waals surface area contributed by atoms with E-state index >= 15 is 0 Å². The van der Waals surface area contributed by atoms with Gasteiger partial charge in [0.15, 0.2) is 0 Å². The van der Waals surface area contributed by atoms with Gasteiger partial charge in [0.1, 0.15) is 0 Å². The molecule has 0 aromatic carbocycles. The third kappa shape index (κ3) is 4.02. The highest BCUT2D eigenvalue weighted by atomic mass is 16.5. The lowest BCUT2D eigenvalue weighted by atomic mass is 10.4. The van der Waals surface area contributed by atoms with Crippen LogP contribution in [0.3, 0.4) is 0 Å². The second kappa shape index (κ2) is 6.27. The Balaban J connectivity index is 2.21. The van der Waals surface area contributed by atoms with Gasteiger partial charge in [0.25, 0.3) is 0 Å². The van der Waals surface area contributed by atoms with Crippen molar-refractivity contribution in [2.75, 3.05) is 19.7 Å². The van der Waals surface area contributed by atoms with Crippen LogP contribution in [0.15, 0.2) is 6.07 Å². The number of esters is 1. The first-order valence-electron chi connectivity index (χ1n) is 5.51. The van der Waals surface area contributed by atoms with Gasteiger partial charge in [-0.05, 0) is 26.8 Å². The fraction of sp³-hybridized carbons (Fsp3) is 0.636. The van der Waals surface area contributed by atoms with E-state index in [1.54, 1.807) is 6.92 Å². The molecule has 1 rings (SSSR count). The molecule has 90 valence electrons. The summed E-state index contributed by atoms with van der Waals surface area (Å²) in [6, 6.07) is 2.03. The summed E-state index contributed by atoms with van der Waals surface area (Å²) in [5, 5.41) is 7.34. The molecule has 1 N–H and O–H groups in total. The first-order valence-corrected chi connectivity index (χ1v) is 5.51. The molecule has 0 saturated heterocycles. The molecule has 16 heavy (non-hydrogen) atoms. The molecule has 0 amide bonds. The SMILES string of the molecule is CCOC(=O)CNCCn1nc(C)cc1C. The van der Waals surface area contributed by atoms with Gasteiger partial charge in [-0.15, -0.1) is 0 Å². The molecule has 0 atom stereocenters. The van der Waals surface area contributed by atoms with Crippen LogP contribution >= 0.6 is 0 Å². The maximum Gasteiger partial charge on any atom is 0.319 e. The molecule has 0 aliphatic heterocycles. The van der Waals surface area contributed by atoms with Crippen molar-refractivity contribution in [1.29, 1.82) is 0 Å². The average Bonchev–Trinajstić information content (AvgIpc) is 2.53. The van der Waals surface area contributed by atoms with Crippen LogP contribution in [0.4, 0.5) is 0 Å². The lowest BCUT2D eigenvalue weighted by molar-refractivity contribution is -0.141. The summed E-state index contributed by atoms with van der Waals surface area (Å²) in [6.45, 7) is 7.94. The van der Waals surface area contributed by atoms with Crippen LogP contribution in [0.2, 0.25) is 0 Å². The summed E-state index contributed by atoms with van der Waals surface area (Å²) in [5.74, 6) is -0.212. The zero-order chi connectivity index (χ0) is 12.0. The molecule has 0 unspecified atom stereocenters. The molecular formula is C11H19N3O2. The summed E-state index contributed by atoms with van der Waals surface area (Å²) in [6.07, 6.45) is 0. The van der Waals surface area contributed by atoms with E-state index in [1.807, 2.05) is 24.6 Å². The third-order valence-corrected chi connectivity index (χ3v) is 2.18. The van der Waals surface area contributed by atoms with Crippen LogP contribution in [0.5, 0.6) is 0 Å². The second-order valence-corrected chi connectivity index (χ2v) is 3.63. The van der Waals surface area contributed by atoms with E-state index < -0.39 is 0 Å². The Morgan fingerprint density at radius 2 is 2.31 bits per heavy atom. The van der Waals surface area contributed by atoms with E-state index in [1.165, 1.54) is 0 Å². The summed E-state index contributed by atoms with van der Waals surface area (Å²) in [5.41, 5.74) is 2.15. The van der Waals surface area contributed by atoms with Gasteiger partial charge in [-0.3, -0.25) is 9.48 Å². The van der Waals surface area contributed by atoms with Gasteiger partial charge in [0, 0.05) is 12.2 Å². The fourth-order valence-corrected chi connectivity index (χ4v) is 1.49. The van der Waals surface area contributed by atoms with Gasteiger partial charge in [-0.25, -0.2) is 0 Å². The highest BCUT2D eigenvalue weighted by Gasteiger charge is 2.02. The molecule has 1 aromatic rings. The van der Waals surface area contributed by atoms with Crippen LogP contribution in [-0.4, -0.2) is 35.4 Å². The van der Waals surface area contributed by atoms with Crippen molar-refractivity contribution >= 4 is 5.97 Å². The van der Waals surface area contributed by atoms with E-state index in [0.29, 0.717) is 13.2 Å². The number of carbonyl (C=O) groups is 1. The van der Waals surface area contributed by atoms with E-state index in [-0.39, 0.29) is 12.5 Å². The summed E-state index contributed by atoms with van der Waals surface area (Å²) >= 11 is 0. The number of hydrogen-bond donors (Lipinski definition) is 1. The van der Waals surface area contributed by atoms with Crippen LogP contribution in [-0.2, 0) is 16.1 Å². The average molecular weight is 225 g/mol. The topological polar surface area (TPSA) is 56.1 Å². The van der Waals surface area contributed by atoms with Gasteiger partial charge in [-0.1, -0.05) is 0 Å². The zero-order valence-corrected chi connectivity index (χ0v) is 10.1. The Labute approximate surface area is 95.8 Å². The maximum absolute atomic E-state index is 11.0. The van der Waals surface area contributed by atoms with Gasteiger partial charge in [-0.2, -0.15) is 5.10 Å². The number of carbonyl (C=O) groups excluding carboxylic acids is 1. The van der Waals surface area contributed by atoms with Gasteiger partial charge in [0.2, 0.25) is 0 Å². The van der Waals surface area contributed by atoms with Crippen molar-refractivity contribution in [2.24, 2.45) is 0 Å². The first-order chi connectivity index (χ1) is 7.63. The third-order valence-electron chi connectivity index (χ3n) is 2.18. The molecule has 0 fully saturated rings. The van der Waals surface area contributed by atoms with E-state index in [0.717, 1.165) is 17.9 Å². The lowest BCUT2D eigenvalue weighted by Gasteiger charge is -2.06. The maximum atomic E-state index is 11.0. The van der Waals surface area contributed by atoms with Crippen LogP contribution in [0, 0.1) is 13.8 Å². The molecule has 1 aromatic heterocycles. The van der Waals surface area contributed by atoms with Crippen LogP contribution in [0.1, 0.15) is 18.3 Å². The molecular weight excluding hydrogens is 206 g/mol. The van der Waals surface area contributed by atoms with Gasteiger partial charge < -0.3 is 10.1 Å². The Bertz CT molecular complexity index is 347. The van der Waals surface area contributed by atoms with Crippen LogP contribution in [0.25, 0.3) is 0 Å². The van der Waals surface area contributed by atoms with Crippen molar-refractivity contribution < 1.29 is 9.53 Å². The number of ether oxygens (including phenoxy) is 1.